The molecule has 2 atom stereocenters. The summed E-state index contributed by atoms with van der Waals surface area (Å²) < 4.78 is 0. The minimum Gasteiger partial charge on any atom is -0.351 e. The van der Waals surface area contributed by atoms with E-state index in [2.05, 4.69) is 10.6 Å². The molecule has 2 saturated heterocycles. The van der Waals surface area contributed by atoms with Crippen LogP contribution in [0.1, 0.15) is 32.1 Å². The second-order valence-corrected chi connectivity index (χ2v) is 6.39. The van der Waals surface area contributed by atoms with Crippen LogP contribution in [0.25, 0.3) is 0 Å². The van der Waals surface area contributed by atoms with Crippen LogP contribution in [0.3, 0.4) is 0 Å². The van der Waals surface area contributed by atoms with Crippen molar-refractivity contribution in [2.24, 2.45) is 11.3 Å². The van der Waals surface area contributed by atoms with Gasteiger partial charge in [-0.3, -0.25) is 9.59 Å². The van der Waals surface area contributed by atoms with Crippen LogP contribution in [-0.4, -0.2) is 49.4 Å². The van der Waals surface area contributed by atoms with Crippen LogP contribution in [-0.2, 0) is 9.59 Å². The van der Waals surface area contributed by atoms with Gasteiger partial charge in [-0.25, -0.2) is 0 Å². The predicted molar refractivity (Wildman–Crippen MR) is 78.7 cm³/mol. The van der Waals surface area contributed by atoms with Gasteiger partial charge in [0.2, 0.25) is 11.8 Å². The normalized spacial score (nSPS) is 31.6. The van der Waals surface area contributed by atoms with Crippen molar-refractivity contribution >= 4 is 24.2 Å². The molecule has 0 aromatic carbocycles. The van der Waals surface area contributed by atoms with E-state index in [1.807, 2.05) is 7.05 Å². The van der Waals surface area contributed by atoms with Gasteiger partial charge in [0.1, 0.15) is 0 Å². The zero-order valence-corrected chi connectivity index (χ0v) is 12.8. The number of hydrogen-bond donors (Lipinski definition) is 2. The van der Waals surface area contributed by atoms with Gasteiger partial charge in [-0.1, -0.05) is 0 Å². The molecule has 5 nitrogen and oxygen atoms in total. The molecule has 0 radical (unpaired) electrons. The highest BCUT2D eigenvalue weighted by Crippen LogP contribution is 2.58. The fraction of sp³-hybridized carbons (Fsp3) is 0.857. The number of likely N-dealkylation sites (tertiary alicyclic amines) is 1. The first-order valence-corrected chi connectivity index (χ1v) is 7.36. The number of likely N-dealkylation sites (N-methyl/N-ethyl adjacent to an activating group) is 1. The maximum Gasteiger partial charge on any atom is 0.223 e. The van der Waals surface area contributed by atoms with Crippen LogP contribution in [0.4, 0.5) is 0 Å². The smallest absolute Gasteiger partial charge is 0.223 e. The number of piperidine rings is 2. The van der Waals surface area contributed by atoms with Crippen LogP contribution in [0.5, 0.6) is 0 Å². The average molecular weight is 302 g/mol. The lowest BCUT2D eigenvalue weighted by Gasteiger charge is -2.30. The molecule has 0 aromatic heterocycles. The number of halogens is 1. The summed E-state index contributed by atoms with van der Waals surface area (Å²) in [5.41, 5.74) is 0.297. The van der Waals surface area contributed by atoms with Crippen molar-refractivity contribution in [3.63, 3.8) is 0 Å². The van der Waals surface area contributed by atoms with E-state index in [1.165, 1.54) is 0 Å². The van der Waals surface area contributed by atoms with Gasteiger partial charge in [-0.2, -0.15) is 0 Å². The molecule has 3 rings (SSSR count). The lowest BCUT2D eigenvalue weighted by Crippen LogP contribution is -2.49. The van der Waals surface area contributed by atoms with Crippen molar-refractivity contribution in [2.75, 3.05) is 26.7 Å². The van der Waals surface area contributed by atoms with E-state index in [1.54, 1.807) is 4.90 Å². The summed E-state index contributed by atoms with van der Waals surface area (Å²) in [6, 6.07) is 0.148. The Balaban J connectivity index is 0.00000147. The Morgan fingerprint density at radius 3 is 2.75 bits per heavy atom. The van der Waals surface area contributed by atoms with E-state index in [0.29, 0.717) is 18.4 Å². The summed E-state index contributed by atoms with van der Waals surface area (Å²) in [6.45, 7) is 2.75. The highest BCUT2D eigenvalue weighted by Gasteiger charge is 2.57. The van der Waals surface area contributed by atoms with Gasteiger partial charge in [0.15, 0.2) is 0 Å². The number of hydrogen-bond acceptors (Lipinski definition) is 3. The molecule has 1 saturated carbocycles. The third-order valence-electron chi connectivity index (χ3n) is 5.08. The van der Waals surface area contributed by atoms with Gasteiger partial charge in [-0.15, -0.1) is 12.4 Å². The topological polar surface area (TPSA) is 61.4 Å². The van der Waals surface area contributed by atoms with Crippen molar-refractivity contribution in [3.05, 3.63) is 0 Å². The van der Waals surface area contributed by atoms with Gasteiger partial charge >= 0.3 is 0 Å². The maximum absolute atomic E-state index is 12.3. The Kier molecular flexibility index (Phi) is 4.59. The fourth-order valence-corrected chi connectivity index (χ4v) is 3.63. The highest BCUT2D eigenvalue weighted by atomic mass is 35.5. The molecule has 2 heterocycles. The van der Waals surface area contributed by atoms with Gasteiger partial charge in [0.05, 0.1) is 0 Å². The Bertz CT molecular complexity index is 396. The number of rotatable bonds is 2. The third kappa shape index (κ3) is 2.93. The molecule has 0 bridgehead atoms. The fourth-order valence-electron chi connectivity index (χ4n) is 3.63. The van der Waals surface area contributed by atoms with Gasteiger partial charge in [-0.05, 0) is 44.2 Å². The number of nitrogens with one attached hydrogen (secondary N) is 2. The number of nitrogens with zero attached hydrogens (tertiary/aromatic N) is 1. The molecule has 2 aliphatic heterocycles. The predicted octanol–water partition coefficient (Wildman–Crippen LogP) is 0.535. The summed E-state index contributed by atoms with van der Waals surface area (Å²) in [5.74, 6) is 0.624. The lowest BCUT2D eigenvalue weighted by molar-refractivity contribution is -0.134. The first kappa shape index (κ1) is 15.6. The summed E-state index contributed by atoms with van der Waals surface area (Å²) in [7, 11) is 1.81. The largest absolute Gasteiger partial charge is 0.351 e. The summed E-state index contributed by atoms with van der Waals surface area (Å²) in [4.78, 5) is 25.4. The van der Waals surface area contributed by atoms with Crippen molar-refractivity contribution in [1.82, 2.24) is 15.5 Å². The second kappa shape index (κ2) is 5.90. The lowest BCUT2D eigenvalue weighted by atomic mass is 9.91. The molecule has 6 heteroatoms. The average Bonchev–Trinajstić information content (AvgIpc) is 3.08. The van der Waals surface area contributed by atoms with E-state index in [-0.39, 0.29) is 36.2 Å². The Morgan fingerprint density at radius 1 is 1.40 bits per heavy atom. The molecular formula is C14H24ClN3O2. The zero-order valence-electron chi connectivity index (χ0n) is 12.0. The van der Waals surface area contributed by atoms with Crippen molar-refractivity contribution < 1.29 is 9.59 Å². The molecule has 20 heavy (non-hydrogen) atoms. The third-order valence-corrected chi connectivity index (χ3v) is 5.08. The van der Waals surface area contributed by atoms with E-state index in [0.717, 1.165) is 38.8 Å². The van der Waals surface area contributed by atoms with E-state index < -0.39 is 0 Å². The summed E-state index contributed by atoms with van der Waals surface area (Å²) in [5, 5.41) is 6.51. The summed E-state index contributed by atoms with van der Waals surface area (Å²) in [6.07, 6.45) is 4.67. The van der Waals surface area contributed by atoms with Gasteiger partial charge in [0.25, 0.3) is 0 Å². The molecule has 2 unspecified atom stereocenters. The molecular weight excluding hydrogens is 278 g/mol. The minimum absolute atomic E-state index is 0. The van der Waals surface area contributed by atoms with E-state index >= 15 is 0 Å². The monoisotopic (exact) mass is 301 g/mol. The summed E-state index contributed by atoms with van der Waals surface area (Å²) >= 11 is 0. The molecule has 1 spiro atoms. The highest BCUT2D eigenvalue weighted by molar-refractivity contribution is 5.85. The van der Waals surface area contributed by atoms with Gasteiger partial charge < -0.3 is 15.5 Å². The molecule has 114 valence electrons. The van der Waals surface area contributed by atoms with Crippen molar-refractivity contribution in [2.45, 2.75) is 38.1 Å². The van der Waals surface area contributed by atoms with E-state index in [9.17, 15) is 9.59 Å². The first-order valence-electron chi connectivity index (χ1n) is 7.36. The molecule has 3 fully saturated rings. The van der Waals surface area contributed by atoms with Crippen LogP contribution in [0.2, 0.25) is 0 Å². The second-order valence-electron chi connectivity index (χ2n) is 6.39. The van der Waals surface area contributed by atoms with Crippen LogP contribution in [0, 0.1) is 11.3 Å². The standard InChI is InChI=1S/C14H23N3O2.ClH/c1-17-9-10(2-3-12(17)18)16-13(19)11-8-14(11)4-6-15-7-5-14;/h10-11,15H,2-9H2,1H3,(H,16,19);1H. The molecule has 2 amide bonds. The Hall–Kier alpha value is -0.810. The number of carbonyl (C=O) groups is 2. The van der Waals surface area contributed by atoms with Crippen molar-refractivity contribution in [3.8, 4) is 0 Å². The molecule has 1 aliphatic carbocycles. The van der Waals surface area contributed by atoms with Gasteiger partial charge in [0, 0.05) is 32.0 Å². The van der Waals surface area contributed by atoms with Crippen LogP contribution >= 0.6 is 12.4 Å². The maximum atomic E-state index is 12.3. The first-order chi connectivity index (χ1) is 9.11. The van der Waals surface area contributed by atoms with Crippen LogP contribution < -0.4 is 10.6 Å². The van der Waals surface area contributed by atoms with E-state index in [4.69, 9.17) is 0 Å². The quantitative estimate of drug-likeness (QED) is 0.782. The van der Waals surface area contributed by atoms with Crippen LogP contribution in [0.15, 0.2) is 0 Å². The SMILES string of the molecule is CN1CC(NC(=O)C2CC23CCNCC3)CCC1=O.Cl. The molecule has 2 N–H and O–H groups in total. The molecule has 3 aliphatic rings. The Labute approximate surface area is 126 Å². The number of carbonyl (C=O) groups excluding carboxylic acids is 2. The molecule has 0 aromatic rings. The minimum atomic E-state index is 0. The zero-order chi connectivity index (χ0) is 13.5. The Morgan fingerprint density at radius 2 is 2.10 bits per heavy atom. The number of amides is 2. The van der Waals surface area contributed by atoms with Crippen molar-refractivity contribution in [1.29, 1.82) is 0 Å².